The van der Waals surface area contributed by atoms with Crippen molar-refractivity contribution in [1.29, 1.82) is 0 Å². The summed E-state index contributed by atoms with van der Waals surface area (Å²) in [5.41, 5.74) is 5.70. The molecule has 9 nitrogen and oxygen atoms in total. The number of rotatable bonds is 5. The maximum atomic E-state index is 15.0. The molecule has 10 heteroatoms. The lowest BCUT2D eigenvalue weighted by atomic mass is 10.0. The first-order chi connectivity index (χ1) is 16.2. The van der Waals surface area contributed by atoms with Crippen LogP contribution in [0.4, 0.5) is 21.7 Å². The van der Waals surface area contributed by atoms with Gasteiger partial charge in [0.05, 0.1) is 17.3 Å². The third-order valence-electron chi connectivity index (χ3n) is 5.74. The number of anilines is 3. The van der Waals surface area contributed by atoms with Crippen LogP contribution >= 0.6 is 0 Å². The highest BCUT2D eigenvalue weighted by atomic mass is 19.1. The van der Waals surface area contributed by atoms with Gasteiger partial charge < -0.3 is 16.0 Å². The van der Waals surface area contributed by atoms with Crippen LogP contribution in [0.1, 0.15) is 22.9 Å². The van der Waals surface area contributed by atoms with E-state index in [-0.39, 0.29) is 12.0 Å². The minimum Gasteiger partial charge on any atom is -0.364 e. The van der Waals surface area contributed by atoms with Gasteiger partial charge in [-0.05, 0) is 36.2 Å². The highest BCUT2D eigenvalue weighted by Crippen LogP contribution is 2.40. The van der Waals surface area contributed by atoms with Crippen LogP contribution in [-0.4, -0.2) is 30.4 Å². The first-order valence-electron chi connectivity index (χ1n) is 10.5. The largest absolute Gasteiger partial charge is 0.364 e. The minimum absolute atomic E-state index is 0.150. The summed E-state index contributed by atoms with van der Waals surface area (Å²) >= 11 is 0. The zero-order chi connectivity index (χ0) is 22.4. The van der Waals surface area contributed by atoms with E-state index in [4.69, 9.17) is 0 Å². The highest BCUT2D eigenvalue weighted by Gasteiger charge is 2.25. The summed E-state index contributed by atoms with van der Waals surface area (Å²) in [6.45, 7) is 2.27. The number of pyridine rings is 2. The van der Waals surface area contributed by atoms with Crippen molar-refractivity contribution in [2.24, 2.45) is 0 Å². The third-order valence-corrected chi connectivity index (χ3v) is 5.74. The molecule has 5 aromatic rings. The summed E-state index contributed by atoms with van der Waals surface area (Å²) in [5, 5.41) is 24.8. The fourth-order valence-corrected chi connectivity index (χ4v) is 4.04. The van der Waals surface area contributed by atoms with Crippen molar-refractivity contribution in [3.8, 4) is 11.1 Å². The van der Waals surface area contributed by atoms with Crippen molar-refractivity contribution in [1.82, 2.24) is 30.4 Å². The lowest BCUT2D eigenvalue weighted by Crippen LogP contribution is -2.11. The first kappa shape index (κ1) is 19.2. The number of aromatic nitrogens is 6. The van der Waals surface area contributed by atoms with E-state index < -0.39 is 0 Å². The number of H-pyrrole nitrogens is 2. The number of hydrogen-bond donors (Lipinski definition) is 5. The Labute approximate surface area is 187 Å². The lowest BCUT2D eigenvalue weighted by Gasteiger charge is -2.11. The van der Waals surface area contributed by atoms with Crippen LogP contribution in [0.2, 0.25) is 0 Å². The molecular formula is C23H20FN9. The van der Waals surface area contributed by atoms with E-state index in [1.165, 1.54) is 0 Å². The van der Waals surface area contributed by atoms with E-state index in [0.717, 1.165) is 39.1 Å². The molecule has 0 saturated carbocycles. The van der Waals surface area contributed by atoms with Gasteiger partial charge in [0, 0.05) is 41.8 Å². The van der Waals surface area contributed by atoms with Gasteiger partial charge in [-0.2, -0.15) is 10.2 Å². The maximum Gasteiger partial charge on any atom is 0.157 e. The smallest absolute Gasteiger partial charge is 0.157 e. The molecular weight excluding hydrogens is 421 g/mol. The second-order valence-corrected chi connectivity index (χ2v) is 7.98. The molecule has 4 aromatic heterocycles. The van der Waals surface area contributed by atoms with Gasteiger partial charge >= 0.3 is 0 Å². The van der Waals surface area contributed by atoms with Crippen LogP contribution in [0.15, 0.2) is 55.1 Å². The Morgan fingerprint density at radius 3 is 2.88 bits per heavy atom. The monoisotopic (exact) mass is 441 g/mol. The van der Waals surface area contributed by atoms with E-state index in [0.29, 0.717) is 23.6 Å². The topological polar surface area (TPSA) is 119 Å². The Kier molecular flexibility index (Phi) is 4.42. The molecule has 1 atom stereocenters. The standard InChI is InChI=1S/C23H20FN9/c1-12-6-17-21(26-8-12)32-33-22(17)27-9-14-3-2-13(7-18(14)24)16-4-5-25-23-19(16)30-20(31-23)15-10-28-29-11-15/h2-8,10-11,20,30H,9H2,1H3,(H,25,31)(H,28,29)(H2,26,27,32,33). The van der Waals surface area contributed by atoms with Crippen molar-refractivity contribution in [2.45, 2.75) is 19.6 Å². The first-order valence-corrected chi connectivity index (χ1v) is 10.5. The van der Waals surface area contributed by atoms with Crippen LogP contribution in [0.25, 0.3) is 22.2 Å². The number of benzene rings is 1. The molecule has 5 heterocycles. The van der Waals surface area contributed by atoms with Gasteiger partial charge in [0.1, 0.15) is 12.0 Å². The van der Waals surface area contributed by atoms with Crippen LogP contribution in [0.3, 0.4) is 0 Å². The zero-order valence-corrected chi connectivity index (χ0v) is 17.6. The Balaban J connectivity index is 1.24. The average molecular weight is 441 g/mol. The fourth-order valence-electron chi connectivity index (χ4n) is 4.04. The number of fused-ring (bicyclic) bond motifs is 2. The molecule has 164 valence electrons. The Morgan fingerprint density at radius 2 is 2.03 bits per heavy atom. The van der Waals surface area contributed by atoms with Crippen molar-refractivity contribution in [3.63, 3.8) is 0 Å². The maximum absolute atomic E-state index is 15.0. The van der Waals surface area contributed by atoms with Crippen molar-refractivity contribution in [3.05, 3.63) is 77.6 Å². The minimum atomic E-state index is -0.294. The molecule has 0 amide bonds. The molecule has 5 N–H and O–H groups in total. The van der Waals surface area contributed by atoms with Gasteiger partial charge in [-0.3, -0.25) is 10.2 Å². The Bertz CT molecular complexity index is 1460. The van der Waals surface area contributed by atoms with Crippen LogP contribution in [0.5, 0.6) is 0 Å². The van der Waals surface area contributed by atoms with Crippen molar-refractivity contribution in [2.75, 3.05) is 16.0 Å². The number of aryl methyl sites for hydroxylation is 1. The molecule has 1 aliphatic rings. The number of hydrogen-bond acceptors (Lipinski definition) is 7. The second kappa shape index (κ2) is 7.59. The fraction of sp³-hybridized carbons (Fsp3) is 0.130. The molecule has 0 saturated heterocycles. The Morgan fingerprint density at radius 1 is 1.09 bits per heavy atom. The lowest BCUT2D eigenvalue weighted by molar-refractivity contribution is 0.613. The number of aromatic amines is 2. The molecule has 0 bridgehead atoms. The van der Waals surface area contributed by atoms with E-state index in [1.54, 1.807) is 30.7 Å². The molecule has 0 radical (unpaired) electrons. The summed E-state index contributed by atoms with van der Waals surface area (Å²) in [4.78, 5) is 8.73. The summed E-state index contributed by atoms with van der Waals surface area (Å²) in [6, 6.07) is 9.13. The van der Waals surface area contributed by atoms with E-state index >= 15 is 4.39 Å². The van der Waals surface area contributed by atoms with Crippen LogP contribution < -0.4 is 16.0 Å². The van der Waals surface area contributed by atoms with E-state index in [9.17, 15) is 0 Å². The van der Waals surface area contributed by atoms with Crippen LogP contribution in [-0.2, 0) is 6.54 Å². The molecule has 0 fully saturated rings. The van der Waals surface area contributed by atoms with E-state index in [1.807, 2.05) is 31.3 Å². The molecule has 1 aromatic carbocycles. The molecule has 1 aliphatic heterocycles. The SMILES string of the molecule is Cc1cnc2[nH]nc(NCc3ccc(-c4ccnc5c4NC(c4cn[nH]c4)N5)cc3F)c2c1. The van der Waals surface area contributed by atoms with Gasteiger partial charge in [0.15, 0.2) is 17.3 Å². The number of halogens is 1. The van der Waals surface area contributed by atoms with Crippen LogP contribution in [0, 0.1) is 12.7 Å². The summed E-state index contributed by atoms with van der Waals surface area (Å²) in [7, 11) is 0. The molecule has 0 aliphatic carbocycles. The quantitative estimate of drug-likeness (QED) is 0.275. The molecule has 33 heavy (non-hydrogen) atoms. The van der Waals surface area contributed by atoms with Gasteiger partial charge in [-0.15, -0.1) is 0 Å². The number of nitrogens with one attached hydrogen (secondary N) is 5. The predicted molar refractivity (Wildman–Crippen MR) is 124 cm³/mol. The summed E-state index contributed by atoms with van der Waals surface area (Å²) < 4.78 is 15.0. The van der Waals surface area contributed by atoms with Crippen molar-refractivity contribution >= 4 is 28.4 Å². The normalized spacial score (nSPS) is 14.7. The third kappa shape index (κ3) is 3.41. The molecule has 0 spiro atoms. The summed E-state index contributed by atoms with van der Waals surface area (Å²) in [5.74, 6) is 1.08. The number of nitrogens with zero attached hydrogens (tertiary/aromatic N) is 4. The summed E-state index contributed by atoms with van der Waals surface area (Å²) in [6.07, 6.45) is 6.91. The van der Waals surface area contributed by atoms with Gasteiger partial charge in [0.25, 0.3) is 0 Å². The van der Waals surface area contributed by atoms with Gasteiger partial charge in [-0.1, -0.05) is 12.1 Å². The average Bonchev–Trinajstić information content (AvgIpc) is 3.57. The van der Waals surface area contributed by atoms with Gasteiger partial charge in [-0.25, -0.2) is 14.4 Å². The van der Waals surface area contributed by atoms with Gasteiger partial charge in [0.2, 0.25) is 0 Å². The molecule has 1 unspecified atom stereocenters. The second-order valence-electron chi connectivity index (χ2n) is 7.98. The zero-order valence-electron chi connectivity index (χ0n) is 17.6. The molecule has 6 rings (SSSR count). The predicted octanol–water partition coefficient (Wildman–Crippen LogP) is 4.34. The van der Waals surface area contributed by atoms with E-state index in [2.05, 4.69) is 46.3 Å². The Hall–Kier alpha value is -4.47. The highest BCUT2D eigenvalue weighted by molar-refractivity contribution is 5.89. The van der Waals surface area contributed by atoms with Crippen molar-refractivity contribution < 1.29 is 4.39 Å².